The number of hydrogen-bond donors (Lipinski definition) is 2. The van der Waals surface area contributed by atoms with Gasteiger partial charge in [0.2, 0.25) is 0 Å². The number of nitrogens with one attached hydrogen (secondary N) is 1. The van der Waals surface area contributed by atoms with Crippen LogP contribution in [-0.2, 0) is 4.74 Å². The van der Waals surface area contributed by atoms with Gasteiger partial charge in [0.15, 0.2) is 0 Å². The first-order chi connectivity index (χ1) is 7.65. The Kier molecular flexibility index (Phi) is 5.35. The summed E-state index contributed by atoms with van der Waals surface area (Å²) in [6.07, 6.45) is 0.863. The van der Waals surface area contributed by atoms with Crippen molar-refractivity contribution in [3.8, 4) is 0 Å². The van der Waals surface area contributed by atoms with Crippen LogP contribution in [0.5, 0.6) is 0 Å². The number of ether oxygens (including phenoxy) is 1. The van der Waals surface area contributed by atoms with E-state index in [1.54, 1.807) is 0 Å². The van der Waals surface area contributed by atoms with Gasteiger partial charge >= 0.3 is 0 Å². The average molecular weight is 247 g/mol. The van der Waals surface area contributed by atoms with Gasteiger partial charge in [-0.05, 0) is 19.4 Å². The summed E-state index contributed by atoms with van der Waals surface area (Å²) in [4.78, 5) is 0. The summed E-state index contributed by atoms with van der Waals surface area (Å²) in [6, 6.07) is 2.71. The lowest BCUT2D eigenvalue weighted by atomic mass is 10.2. The molecule has 0 aromatic heterocycles. The van der Waals surface area contributed by atoms with Crippen molar-refractivity contribution in [3.05, 3.63) is 23.0 Å². The number of nitrogens with two attached hydrogens (primary N) is 1. The topological polar surface area (TPSA) is 47.3 Å². The van der Waals surface area contributed by atoms with Crippen LogP contribution in [0, 0.1) is 5.82 Å². The van der Waals surface area contributed by atoms with E-state index >= 15 is 0 Å². The Hall–Kier alpha value is -1.00. The summed E-state index contributed by atoms with van der Waals surface area (Å²) >= 11 is 5.65. The summed E-state index contributed by atoms with van der Waals surface area (Å²) in [5, 5.41) is 3.15. The molecule has 0 aliphatic rings. The molecule has 16 heavy (non-hydrogen) atoms. The summed E-state index contributed by atoms with van der Waals surface area (Å²) < 4.78 is 18.2. The molecule has 90 valence electrons. The first kappa shape index (κ1) is 13.1. The number of rotatable bonds is 6. The van der Waals surface area contributed by atoms with Gasteiger partial charge < -0.3 is 15.8 Å². The van der Waals surface area contributed by atoms with Crippen LogP contribution in [-0.4, -0.2) is 19.8 Å². The highest BCUT2D eigenvalue weighted by Gasteiger charge is 2.05. The fraction of sp³-hybridized carbons (Fsp3) is 0.455. The minimum atomic E-state index is -0.501. The summed E-state index contributed by atoms with van der Waals surface area (Å²) in [6.45, 7) is 4.07. The van der Waals surface area contributed by atoms with Gasteiger partial charge in [-0.2, -0.15) is 0 Å². The summed E-state index contributed by atoms with van der Waals surface area (Å²) in [5.74, 6) is -0.501. The molecule has 1 aromatic carbocycles. The van der Waals surface area contributed by atoms with Crippen molar-refractivity contribution in [2.75, 3.05) is 30.8 Å². The Morgan fingerprint density at radius 2 is 2.25 bits per heavy atom. The largest absolute Gasteiger partial charge is 0.397 e. The van der Waals surface area contributed by atoms with Crippen molar-refractivity contribution in [1.82, 2.24) is 0 Å². The van der Waals surface area contributed by atoms with E-state index < -0.39 is 5.82 Å². The number of benzene rings is 1. The highest BCUT2D eigenvalue weighted by atomic mass is 35.5. The van der Waals surface area contributed by atoms with Gasteiger partial charge in [0.1, 0.15) is 5.82 Å². The van der Waals surface area contributed by atoms with Crippen LogP contribution in [0.25, 0.3) is 0 Å². The molecule has 1 aromatic rings. The van der Waals surface area contributed by atoms with Crippen LogP contribution in [0.2, 0.25) is 5.02 Å². The second-order valence-electron chi connectivity index (χ2n) is 3.33. The first-order valence-corrected chi connectivity index (χ1v) is 5.59. The molecular weight excluding hydrogens is 231 g/mol. The molecule has 0 aliphatic carbocycles. The molecule has 0 unspecified atom stereocenters. The predicted molar refractivity (Wildman–Crippen MR) is 65.4 cm³/mol. The van der Waals surface area contributed by atoms with Gasteiger partial charge in [-0.15, -0.1) is 0 Å². The molecule has 0 saturated heterocycles. The predicted octanol–water partition coefficient (Wildman–Crippen LogP) is 2.90. The number of halogens is 2. The van der Waals surface area contributed by atoms with E-state index in [9.17, 15) is 4.39 Å². The molecule has 0 aliphatic heterocycles. The standard InChI is InChI=1S/C11H16ClFN2O/c1-2-16-5-3-4-15-11-6-8(12)9(13)7-10(11)14/h6-7,15H,2-5,14H2,1H3. The Balaban J connectivity index is 2.45. The van der Waals surface area contributed by atoms with Gasteiger partial charge in [-0.25, -0.2) is 4.39 Å². The Bertz CT molecular complexity index is 347. The third-order valence-corrected chi connectivity index (χ3v) is 2.37. The van der Waals surface area contributed by atoms with Crippen molar-refractivity contribution in [2.24, 2.45) is 0 Å². The lowest BCUT2D eigenvalue weighted by molar-refractivity contribution is 0.147. The van der Waals surface area contributed by atoms with Crippen LogP contribution >= 0.6 is 11.6 Å². The van der Waals surface area contributed by atoms with Crippen molar-refractivity contribution < 1.29 is 9.13 Å². The van der Waals surface area contributed by atoms with Crippen molar-refractivity contribution >= 4 is 23.0 Å². The van der Waals surface area contributed by atoms with E-state index in [4.69, 9.17) is 22.1 Å². The molecule has 3 nitrogen and oxygen atoms in total. The van der Waals surface area contributed by atoms with Crippen LogP contribution in [0.15, 0.2) is 12.1 Å². The van der Waals surface area contributed by atoms with E-state index in [-0.39, 0.29) is 5.02 Å². The molecule has 0 bridgehead atoms. The normalized spacial score (nSPS) is 10.4. The van der Waals surface area contributed by atoms with E-state index in [0.717, 1.165) is 6.42 Å². The maximum atomic E-state index is 13.0. The molecular formula is C11H16ClFN2O. The number of anilines is 2. The van der Waals surface area contributed by atoms with Crippen LogP contribution < -0.4 is 11.1 Å². The van der Waals surface area contributed by atoms with Crippen LogP contribution in [0.4, 0.5) is 15.8 Å². The highest BCUT2D eigenvalue weighted by molar-refractivity contribution is 6.31. The SMILES string of the molecule is CCOCCCNc1cc(Cl)c(F)cc1N. The first-order valence-electron chi connectivity index (χ1n) is 5.21. The van der Waals surface area contributed by atoms with Crippen molar-refractivity contribution in [1.29, 1.82) is 0 Å². The Morgan fingerprint density at radius 1 is 1.50 bits per heavy atom. The molecule has 0 saturated carbocycles. The van der Waals surface area contributed by atoms with E-state index in [2.05, 4.69) is 5.32 Å². The van der Waals surface area contributed by atoms with Gasteiger partial charge in [0.05, 0.1) is 16.4 Å². The summed E-state index contributed by atoms with van der Waals surface area (Å²) in [5.41, 5.74) is 6.65. The van der Waals surface area contributed by atoms with E-state index in [1.807, 2.05) is 6.92 Å². The molecule has 1 rings (SSSR count). The van der Waals surface area contributed by atoms with Crippen LogP contribution in [0.3, 0.4) is 0 Å². The fourth-order valence-electron chi connectivity index (χ4n) is 1.26. The maximum absolute atomic E-state index is 13.0. The van der Waals surface area contributed by atoms with Crippen molar-refractivity contribution in [2.45, 2.75) is 13.3 Å². The molecule has 3 N–H and O–H groups in total. The molecule has 5 heteroatoms. The van der Waals surface area contributed by atoms with Crippen LogP contribution in [0.1, 0.15) is 13.3 Å². The molecule has 0 atom stereocenters. The van der Waals surface area contributed by atoms with E-state index in [0.29, 0.717) is 31.1 Å². The van der Waals surface area contributed by atoms with Gasteiger partial charge in [-0.3, -0.25) is 0 Å². The maximum Gasteiger partial charge on any atom is 0.143 e. The quantitative estimate of drug-likeness (QED) is 0.599. The molecule has 0 heterocycles. The van der Waals surface area contributed by atoms with Crippen molar-refractivity contribution in [3.63, 3.8) is 0 Å². The highest BCUT2D eigenvalue weighted by Crippen LogP contribution is 2.25. The second kappa shape index (κ2) is 6.55. The molecule has 0 amide bonds. The minimum absolute atomic E-state index is 0.0708. The zero-order chi connectivity index (χ0) is 12.0. The smallest absolute Gasteiger partial charge is 0.143 e. The third-order valence-electron chi connectivity index (χ3n) is 2.08. The third kappa shape index (κ3) is 3.87. The zero-order valence-electron chi connectivity index (χ0n) is 9.22. The Morgan fingerprint density at radius 3 is 2.94 bits per heavy atom. The second-order valence-corrected chi connectivity index (χ2v) is 3.74. The van der Waals surface area contributed by atoms with Gasteiger partial charge in [0.25, 0.3) is 0 Å². The van der Waals surface area contributed by atoms with E-state index in [1.165, 1.54) is 12.1 Å². The fourth-order valence-corrected chi connectivity index (χ4v) is 1.42. The lowest BCUT2D eigenvalue weighted by Crippen LogP contribution is -2.07. The monoisotopic (exact) mass is 246 g/mol. The average Bonchev–Trinajstić information content (AvgIpc) is 2.25. The van der Waals surface area contributed by atoms with Gasteiger partial charge in [-0.1, -0.05) is 11.6 Å². The summed E-state index contributed by atoms with van der Waals surface area (Å²) in [7, 11) is 0. The minimum Gasteiger partial charge on any atom is -0.397 e. The number of hydrogen-bond acceptors (Lipinski definition) is 3. The zero-order valence-corrected chi connectivity index (χ0v) is 9.98. The molecule has 0 radical (unpaired) electrons. The number of nitrogen functional groups attached to an aromatic ring is 1. The van der Waals surface area contributed by atoms with Gasteiger partial charge in [0, 0.05) is 25.8 Å². The Labute approximate surface area is 99.7 Å². The molecule has 0 spiro atoms. The lowest BCUT2D eigenvalue weighted by Gasteiger charge is -2.10. The molecule has 0 fully saturated rings.